The number of fused-ring (bicyclic) bond motifs is 1. The van der Waals surface area contributed by atoms with Gasteiger partial charge in [0.25, 0.3) is 0 Å². The molecule has 2 N–H and O–H groups in total. The van der Waals surface area contributed by atoms with Crippen LogP contribution < -0.4 is 15.4 Å². The molecule has 1 aliphatic heterocycles. The highest BCUT2D eigenvalue weighted by Crippen LogP contribution is 2.40. The maximum atomic E-state index is 14.8. The molecule has 0 radical (unpaired) electrons. The minimum absolute atomic E-state index is 0.00553. The van der Waals surface area contributed by atoms with Crippen molar-refractivity contribution in [2.45, 2.75) is 18.9 Å². The number of halogens is 2. The number of carbonyl (C=O) groups excluding carboxylic acids is 1. The number of aromatic nitrogens is 2. The van der Waals surface area contributed by atoms with Crippen molar-refractivity contribution in [2.75, 3.05) is 31.3 Å². The molecule has 194 valence electrons. The average molecular weight is 532 g/mol. The van der Waals surface area contributed by atoms with Crippen LogP contribution in [0.15, 0.2) is 73.1 Å². The summed E-state index contributed by atoms with van der Waals surface area (Å²) in [5.74, 6) is 0.178. The summed E-state index contributed by atoms with van der Waals surface area (Å²) < 4.78 is 20.2. The summed E-state index contributed by atoms with van der Waals surface area (Å²) in [6.07, 6.45) is 7.06. The number of likely N-dealkylation sites (tertiary alicyclic amines) is 1. The van der Waals surface area contributed by atoms with Crippen LogP contribution in [-0.2, 0) is 4.79 Å². The summed E-state index contributed by atoms with van der Waals surface area (Å²) in [5.41, 5.74) is 2.79. The number of methoxy groups -OCH3 is 1. The second-order valence-corrected chi connectivity index (χ2v) is 9.51. The zero-order valence-corrected chi connectivity index (χ0v) is 21.8. The third-order valence-corrected chi connectivity index (χ3v) is 6.96. The van der Waals surface area contributed by atoms with E-state index in [1.165, 1.54) is 12.4 Å². The van der Waals surface area contributed by atoms with Crippen molar-refractivity contribution in [3.63, 3.8) is 0 Å². The first kappa shape index (κ1) is 25.6. The van der Waals surface area contributed by atoms with Crippen LogP contribution in [0.5, 0.6) is 5.75 Å². The van der Waals surface area contributed by atoms with Gasteiger partial charge in [0, 0.05) is 23.4 Å². The van der Waals surface area contributed by atoms with Crippen LogP contribution in [0.2, 0.25) is 5.02 Å². The highest BCUT2D eigenvalue weighted by molar-refractivity contribution is 6.31. The number of hydrogen-bond donors (Lipinski definition) is 2. The molecule has 0 bridgehead atoms. The number of amides is 1. The molecule has 1 saturated heterocycles. The maximum absolute atomic E-state index is 14.8. The van der Waals surface area contributed by atoms with Gasteiger partial charge in [-0.1, -0.05) is 35.9 Å². The van der Waals surface area contributed by atoms with Crippen LogP contribution >= 0.6 is 11.6 Å². The molecule has 1 aromatic heterocycles. The number of nitrogens with zero attached hydrogens (tertiary/aromatic N) is 3. The quantitative estimate of drug-likeness (QED) is 0.267. The highest BCUT2D eigenvalue weighted by Gasteiger charge is 2.20. The first-order valence-corrected chi connectivity index (χ1v) is 12.6. The molecule has 5 rings (SSSR count). The predicted molar refractivity (Wildman–Crippen MR) is 150 cm³/mol. The van der Waals surface area contributed by atoms with E-state index in [1.807, 2.05) is 30.3 Å². The Morgan fingerprint density at radius 2 is 2.00 bits per heavy atom. The zero-order valence-electron chi connectivity index (χ0n) is 21.0. The summed E-state index contributed by atoms with van der Waals surface area (Å²) in [5, 5.41) is 6.70. The normalized spacial score (nSPS) is 15.7. The van der Waals surface area contributed by atoms with Crippen LogP contribution in [0.1, 0.15) is 12.8 Å². The first-order chi connectivity index (χ1) is 18.4. The molecule has 1 aliphatic rings. The molecule has 9 heteroatoms. The van der Waals surface area contributed by atoms with Gasteiger partial charge in [-0.2, -0.15) is 0 Å². The molecular formula is C29H27ClFN5O2. The largest absolute Gasteiger partial charge is 0.497 e. The Labute approximate surface area is 225 Å². The topological polar surface area (TPSA) is 79.4 Å². The molecule has 2 heterocycles. The van der Waals surface area contributed by atoms with Crippen molar-refractivity contribution < 1.29 is 13.9 Å². The Balaban J connectivity index is 1.62. The van der Waals surface area contributed by atoms with Crippen molar-refractivity contribution in [2.24, 2.45) is 0 Å². The van der Waals surface area contributed by atoms with Crippen molar-refractivity contribution in [1.82, 2.24) is 14.9 Å². The SMILES string of the molecule is COc1cccc(-c2c(NC(=O)/C=C/C3CCCN3C)ccc3ncnc(Nc4cccc(Cl)c4F)c23)c1. The van der Waals surface area contributed by atoms with Gasteiger partial charge in [-0.3, -0.25) is 9.69 Å². The van der Waals surface area contributed by atoms with Crippen molar-refractivity contribution in [3.8, 4) is 16.9 Å². The second-order valence-electron chi connectivity index (χ2n) is 9.10. The molecule has 0 aliphatic carbocycles. The Hall–Kier alpha value is -4.01. The summed E-state index contributed by atoms with van der Waals surface area (Å²) >= 11 is 6.01. The Bertz CT molecular complexity index is 1530. The van der Waals surface area contributed by atoms with Gasteiger partial charge in [-0.25, -0.2) is 14.4 Å². The van der Waals surface area contributed by atoms with E-state index in [0.29, 0.717) is 33.7 Å². The van der Waals surface area contributed by atoms with Crippen LogP contribution in [0, 0.1) is 5.82 Å². The average Bonchev–Trinajstić information content (AvgIpc) is 3.34. The summed E-state index contributed by atoms with van der Waals surface area (Å²) in [6.45, 7) is 1.02. The summed E-state index contributed by atoms with van der Waals surface area (Å²) in [7, 11) is 3.65. The lowest BCUT2D eigenvalue weighted by Crippen LogP contribution is -2.23. The minimum Gasteiger partial charge on any atom is -0.497 e. The van der Waals surface area contributed by atoms with Gasteiger partial charge in [0.05, 0.1) is 28.7 Å². The van der Waals surface area contributed by atoms with E-state index in [-0.39, 0.29) is 22.7 Å². The van der Waals surface area contributed by atoms with Crippen LogP contribution in [0.4, 0.5) is 21.6 Å². The smallest absolute Gasteiger partial charge is 0.248 e. The molecule has 7 nitrogen and oxygen atoms in total. The fraction of sp³-hybridized carbons (Fsp3) is 0.207. The molecule has 38 heavy (non-hydrogen) atoms. The molecule has 1 atom stereocenters. The van der Waals surface area contributed by atoms with E-state index >= 15 is 0 Å². The molecule has 3 aromatic carbocycles. The third kappa shape index (κ3) is 5.32. The van der Waals surface area contributed by atoms with Crippen molar-refractivity contribution >= 4 is 45.6 Å². The van der Waals surface area contributed by atoms with Gasteiger partial charge in [0.15, 0.2) is 5.82 Å². The molecule has 4 aromatic rings. The van der Waals surface area contributed by atoms with Gasteiger partial charge in [0.1, 0.15) is 17.9 Å². The maximum Gasteiger partial charge on any atom is 0.248 e. The van der Waals surface area contributed by atoms with E-state index in [9.17, 15) is 9.18 Å². The van der Waals surface area contributed by atoms with Crippen LogP contribution in [-0.4, -0.2) is 47.5 Å². The fourth-order valence-corrected chi connectivity index (χ4v) is 4.88. The molecule has 0 spiro atoms. The first-order valence-electron chi connectivity index (χ1n) is 12.3. The number of likely N-dealkylation sites (N-methyl/N-ethyl adjacent to an activating group) is 1. The number of hydrogen-bond acceptors (Lipinski definition) is 6. The van der Waals surface area contributed by atoms with Crippen molar-refractivity contribution in [1.29, 1.82) is 0 Å². The van der Waals surface area contributed by atoms with Gasteiger partial charge in [-0.05, 0) is 68.4 Å². The van der Waals surface area contributed by atoms with E-state index < -0.39 is 5.82 Å². The van der Waals surface area contributed by atoms with E-state index in [0.717, 1.165) is 24.9 Å². The number of rotatable bonds is 7. The van der Waals surface area contributed by atoms with E-state index in [2.05, 4.69) is 32.5 Å². The van der Waals surface area contributed by atoms with E-state index in [1.54, 1.807) is 37.5 Å². The molecule has 1 unspecified atom stereocenters. The molecule has 1 amide bonds. The van der Waals surface area contributed by atoms with Crippen molar-refractivity contribution in [3.05, 3.63) is 83.9 Å². The second kappa shape index (κ2) is 11.2. The zero-order chi connectivity index (χ0) is 26.6. The highest BCUT2D eigenvalue weighted by atomic mass is 35.5. The lowest BCUT2D eigenvalue weighted by atomic mass is 9.98. The number of benzene rings is 3. The standard InChI is InChI=1S/C29H27ClFN5O2/c1-36-15-5-7-19(36)11-14-25(37)34-23-13-12-22-27(26(23)18-6-3-8-20(16-18)38-2)29(33-17-32-22)35-24-10-4-9-21(30)28(24)31/h3-4,6,8-14,16-17,19H,5,7,15H2,1-2H3,(H,34,37)(H,32,33,35)/b14-11+. The number of nitrogens with one attached hydrogen (secondary N) is 2. The summed E-state index contributed by atoms with van der Waals surface area (Å²) in [4.78, 5) is 24.1. The monoisotopic (exact) mass is 531 g/mol. The van der Waals surface area contributed by atoms with E-state index in [4.69, 9.17) is 16.3 Å². The van der Waals surface area contributed by atoms with Gasteiger partial charge in [0.2, 0.25) is 5.91 Å². The number of anilines is 3. The fourth-order valence-electron chi connectivity index (χ4n) is 4.71. The minimum atomic E-state index is -0.588. The molecular weight excluding hydrogens is 505 g/mol. The Morgan fingerprint density at radius 1 is 1.16 bits per heavy atom. The Morgan fingerprint density at radius 3 is 2.79 bits per heavy atom. The lowest BCUT2D eigenvalue weighted by molar-refractivity contribution is -0.111. The van der Waals surface area contributed by atoms with Gasteiger partial charge < -0.3 is 15.4 Å². The Kier molecular flexibility index (Phi) is 7.53. The molecule has 1 fully saturated rings. The van der Waals surface area contributed by atoms with Crippen LogP contribution in [0.25, 0.3) is 22.0 Å². The summed E-state index contributed by atoms with van der Waals surface area (Å²) in [6, 6.07) is 16.0. The number of ether oxygens (including phenoxy) is 1. The van der Waals surface area contributed by atoms with Crippen LogP contribution in [0.3, 0.4) is 0 Å². The van der Waals surface area contributed by atoms with Gasteiger partial charge in [-0.15, -0.1) is 0 Å². The van der Waals surface area contributed by atoms with Gasteiger partial charge >= 0.3 is 0 Å². The lowest BCUT2D eigenvalue weighted by Gasteiger charge is -2.18. The third-order valence-electron chi connectivity index (χ3n) is 6.67. The predicted octanol–water partition coefficient (Wildman–Crippen LogP) is 6.43. The molecule has 0 saturated carbocycles. The number of carbonyl (C=O) groups is 1.